The number of carbonyl (C=O) groups is 1. The maximum absolute atomic E-state index is 13.0. The Labute approximate surface area is 134 Å². The van der Waals surface area contributed by atoms with Crippen LogP contribution in [0.4, 0.5) is 18.9 Å². The number of benzene rings is 2. The first-order valence-electron chi connectivity index (χ1n) is 6.60. The molecule has 0 radical (unpaired) electrons. The number of halogens is 4. The molecule has 0 atom stereocenters. The van der Waals surface area contributed by atoms with Crippen molar-refractivity contribution in [3.8, 4) is 0 Å². The van der Waals surface area contributed by atoms with Crippen LogP contribution >= 0.6 is 11.6 Å². The minimum Gasteiger partial charge on any atom is -0.360 e. The normalized spacial score (nSPS) is 11.7. The number of amides is 1. The third kappa shape index (κ3) is 3.03. The summed E-state index contributed by atoms with van der Waals surface area (Å²) < 4.78 is 38.9. The number of rotatable bonds is 2. The minimum atomic E-state index is -4.55. The van der Waals surface area contributed by atoms with Gasteiger partial charge in [0.2, 0.25) is 0 Å². The molecule has 3 nitrogen and oxygen atoms in total. The molecule has 0 bridgehead atoms. The first-order chi connectivity index (χ1) is 10.9. The topological polar surface area (TPSA) is 44.9 Å². The first kappa shape index (κ1) is 15.4. The lowest BCUT2D eigenvalue weighted by molar-refractivity contribution is -0.136. The predicted molar refractivity (Wildman–Crippen MR) is 82.7 cm³/mol. The van der Waals surface area contributed by atoms with Crippen LogP contribution in [0.1, 0.15) is 15.9 Å². The number of H-pyrrole nitrogens is 1. The molecule has 0 aliphatic carbocycles. The largest absolute Gasteiger partial charge is 0.418 e. The zero-order valence-corrected chi connectivity index (χ0v) is 12.3. The number of hydrogen-bond donors (Lipinski definition) is 2. The molecule has 0 spiro atoms. The van der Waals surface area contributed by atoms with E-state index in [4.69, 9.17) is 11.6 Å². The Kier molecular flexibility index (Phi) is 3.77. The summed E-state index contributed by atoms with van der Waals surface area (Å²) >= 11 is 5.90. The predicted octanol–water partition coefficient (Wildman–Crippen LogP) is 5.09. The monoisotopic (exact) mass is 338 g/mol. The van der Waals surface area contributed by atoms with Crippen LogP contribution in [0.5, 0.6) is 0 Å². The van der Waals surface area contributed by atoms with E-state index in [1.54, 1.807) is 18.2 Å². The molecule has 0 aliphatic rings. The molecular formula is C16H10ClF3N2O. The van der Waals surface area contributed by atoms with Crippen molar-refractivity contribution >= 4 is 34.1 Å². The molecule has 23 heavy (non-hydrogen) atoms. The average Bonchev–Trinajstić information content (AvgIpc) is 2.89. The van der Waals surface area contributed by atoms with Crippen LogP contribution in [0.25, 0.3) is 10.9 Å². The van der Waals surface area contributed by atoms with E-state index in [1.165, 1.54) is 24.4 Å². The number of aromatic nitrogens is 1. The van der Waals surface area contributed by atoms with Gasteiger partial charge in [0.25, 0.3) is 5.91 Å². The van der Waals surface area contributed by atoms with Gasteiger partial charge in [-0.3, -0.25) is 4.79 Å². The summed E-state index contributed by atoms with van der Waals surface area (Å²) in [7, 11) is 0. The SMILES string of the molecule is O=C(Nc1ccccc1C(F)(F)F)c1c[nH]c2ccc(Cl)cc12. The van der Waals surface area contributed by atoms with Crippen molar-refractivity contribution in [3.63, 3.8) is 0 Å². The number of carbonyl (C=O) groups excluding carboxylic acids is 1. The average molecular weight is 339 g/mol. The summed E-state index contributed by atoms with van der Waals surface area (Å²) in [4.78, 5) is 15.2. The number of fused-ring (bicyclic) bond motifs is 1. The molecule has 1 aromatic heterocycles. The van der Waals surface area contributed by atoms with E-state index in [2.05, 4.69) is 10.3 Å². The van der Waals surface area contributed by atoms with E-state index in [0.29, 0.717) is 15.9 Å². The van der Waals surface area contributed by atoms with Gasteiger partial charge in [0, 0.05) is 22.1 Å². The lowest BCUT2D eigenvalue weighted by Crippen LogP contribution is -2.16. The van der Waals surface area contributed by atoms with Crippen molar-refractivity contribution < 1.29 is 18.0 Å². The van der Waals surface area contributed by atoms with Gasteiger partial charge in [0.15, 0.2) is 0 Å². The standard InChI is InChI=1S/C16H10ClF3N2O/c17-9-5-6-13-10(7-9)11(8-21-13)15(23)22-14-4-2-1-3-12(14)16(18,19)20/h1-8,21H,(H,22,23). The quantitative estimate of drug-likeness (QED) is 0.671. The van der Waals surface area contributed by atoms with Crippen LogP contribution in [-0.4, -0.2) is 10.9 Å². The highest BCUT2D eigenvalue weighted by Crippen LogP contribution is 2.35. The fourth-order valence-electron chi connectivity index (χ4n) is 2.31. The Hall–Kier alpha value is -2.47. The molecule has 0 saturated carbocycles. The van der Waals surface area contributed by atoms with Crippen molar-refractivity contribution in [1.82, 2.24) is 4.98 Å². The maximum atomic E-state index is 13.0. The molecule has 0 aliphatic heterocycles. The molecule has 2 N–H and O–H groups in total. The zero-order valence-electron chi connectivity index (χ0n) is 11.5. The Balaban J connectivity index is 1.98. The van der Waals surface area contributed by atoms with Crippen LogP contribution in [0, 0.1) is 0 Å². The lowest BCUT2D eigenvalue weighted by Gasteiger charge is -2.13. The Morgan fingerprint density at radius 3 is 2.61 bits per heavy atom. The Bertz CT molecular complexity index is 886. The molecule has 118 valence electrons. The summed E-state index contributed by atoms with van der Waals surface area (Å²) in [5.74, 6) is -0.643. The molecule has 0 saturated heterocycles. The van der Waals surface area contributed by atoms with E-state index in [-0.39, 0.29) is 11.3 Å². The number of aromatic amines is 1. The van der Waals surface area contributed by atoms with Crippen LogP contribution in [0.15, 0.2) is 48.7 Å². The van der Waals surface area contributed by atoms with Crippen molar-refractivity contribution in [1.29, 1.82) is 0 Å². The van der Waals surface area contributed by atoms with Crippen molar-refractivity contribution in [2.24, 2.45) is 0 Å². The second kappa shape index (κ2) is 5.62. The summed E-state index contributed by atoms with van der Waals surface area (Å²) in [5, 5.41) is 3.28. The van der Waals surface area contributed by atoms with Gasteiger partial charge in [0.05, 0.1) is 16.8 Å². The molecular weight excluding hydrogens is 329 g/mol. The molecule has 3 rings (SSSR count). The third-order valence-electron chi connectivity index (χ3n) is 3.37. The van der Waals surface area contributed by atoms with Gasteiger partial charge in [-0.1, -0.05) is 23.7 Å². The van der Waals surface area contributed by atoms with Crippen molar-refractivity contribution in [3.05, 3.63) is 64.8 Å². The van der Waals surface area contributed by atoms with Gasteiger partial charge < -0.3 is 10.3 Å². The number of hydrogen-bond acceptors (Lipinski definition) is 1. The first-order valence-corrected chi connectivity index (χ1v) is 6.98. The zero-order chi connectivity index (χ0) is 16.6. The number of anilines is 1. The van der Waals surface area contributed by atoms with Crippen LogP contribution in [-0.2, 0) is 6.18 Å². The van der Waals surface area contributed by atoms with Crippen LogP contribution < -0.4 is 5.32 Å². The van der Waals surface area contributed by atoms with Gasteiger partial charge in [-0.25, -0.2) is 0 Å². The van der Waals surface area contributed by atoms with Gasteiger partial charge in [-0.05, 0) is 30.3 Å². The number of alkyl halides is 3. The molecule has 2 aromatic carbocycles. The maximum Gasteiger partial charge on any atom is 0.418 e. The molecule has 0 unspecified atom stereocenters. The summed E-state index contributed by atoms with van der Waals surface area (Å²) in [5.41, 5.74) is -0.296. The molecule has 3 aromatic rings. The molecule has 0 fully saturated rings. The van der Waals surface area contributed by atoms with Gasteiger partial charge in [-0.15, -0.1) is 0 Å². The summed E-state index contributed by atoms with van der Waals surface area (Å²) in [6.07, 6.45) is -3.11. The van der Waals surface area contributed by atoms with Crippen LogP contribution in [0.2, 0.25) is 5.02 Å². The summed E-state index contributed by atoms with van der Waals surface area (Å²) in [6, 6.07) is 9.75. The Morgan fingerprint density at radius 2 is 1.87 bits per heavy atom. The van der Waals surface area contributed by atoms with Gasteiger partial charge >= 0.3 is 6.18 Å². The smallest absolute Gasteiger partial charge is 0.360 e. The number of nitrogens with one attached hydrogen (secondary N) is 2. The molecule has 7 heteroatoms. The highest BCUT2D eigenvalue weighted by Gasteiger charge is 2.33. The minimum absolute atomic E-state index is 0.222. The van der Waals surface area contributed by atoms with E-state index in [9.17, 15) is 18.0 Å². The van der Waals surface area contributed by atoms with E-state index < -0.39 is 17.6 Å². The number of para-hydroxylation sites is 1. The van der Waals surface area contributed by atoms with Gasteiger partial charge in [0.1, 0.15) is 0 Å². The van der Waals surface area contributed by atoms with Crippen LogP contribution in [0.3, 0.4) is 0 Å². The fourth-order valence-corrected chi connectivity index (χ4v) is 2.48. The highest BCUT2D eigenvalue weighted by atomic mass is 35.5. The van der Waals surface area contributed by atoms with E-state index in [0.717, 1.165) is 6.07 Å². The lowest BCUT2D eigenvalue weighted by atomic mass is 10.1. The second-order valence-electron chi connectivity index (χ2n) is 4.89. The second-order valence-corrected chi connectivity index (χ2v) is 5.33. The molecule has 1 heterocycles. The van der Waals surface area contributed by atoms with Crippen molar-refractivity contribution in [2.45, 2.75) is 6.18 Å². The third-order valence-corrected chi connectivity index (χ3v) is 3.60. The highest BCUT2D eigenvalue weighted by molar-refractivity contribution is 6.31. The van der Waals surface area contributed by atoms with Crippen molar-refractivity contribution in [2.75, 3.05) is 5.32 Å². The van der Waals surface area contributed by atoms with E-state index >= 15 is 0 Å². The fraction of sp³-hybridized carbons (Fsp3) is 0.0625. The molecule has 1 amide bonds. The Morgan fingerprint density at radius 1 is 1.13 bits per heavy atom. The van der Waals surface area contributed by atoms with E-state index in [1.807, 2.05) is 0 Å². The summed E-state index contributed by atoms with van der Waals surface area (Å²) in [6.45, 7) is 0. The van der Waals surface area contributed by atoms with Gasteiger partial charge in [-0.2, -0.15) is 13.2 Å².